The number of hydrogen-bond donors (Lipinski definition) is 1. The number of aromatic nitrogens is 1. The van der Waals surface area contributed by atoms with Gasteiger partial charge < -0.3 is 9.40 Å². The molecule has 0 aliphatic carbocycles. The Hall–Kier alpha value is -2.36. The van der Waals surface area contributed by atoms with Crippen LogP contribution in [0.4, 0.5) is 5.69 Å². The number of fused-ring (bicyclic) bond motifs is 2. The van der Waals surface area contributed by atoms with Crippen molar-refractivity contribution in [3.63, 3.8) is 0 Å². The van der Waals surface area contributed by atoms with Crippen LogP contribution in [0, 0.1) is 5.92 Å². The second-order valence-corrected chi connectivity index (χ2v) is 9.74. The van der Waals surface area contributed by atoms with E-state index in [1.54, 1.807) is 42.7 Å². The second kappa shape index (κ2) is 7.16. The minimum atomic E-state index is -0.588. The van der Waals surface area contributed by atoms with Crippen molar-refractivity contribution >= 4 is 62.6 Å². The van der Waals surface area contributed by atoms with Crippen molar-refractivity contribution in [3.8, 4) is 0 Å². The summed E-state index contributed by atoms with van der Waals surface area (Å²) in [6.45, 7) is 0. The molecule has 3 atom stereocenters. The third-order valence-electron chi connectivity index (χ3n) is 4.97. The summed E-state index contributed by atoms with van der Waals surface area (Å²) in [5.74, 6) is -0.842. The first-order valence-electron chi connectivity index (χ1n) is 8.77. The average Bonchev–Trinajstić information content (AvgIpc) is 3.40. The van der Waals surface area contributed by atoms with Gasteiger partial charge >= 0.3 is 4.87 Å². The van der Waals surface area contributed by atoms with Crippen molar-refractivity contribution < 1.29 is 14.0 Å². The fraction of sp³-hybridized carbons (Fsp3) is 0.150. The Balaban J connectivity index is 1.58. The zero-order valence-electron chi connectivity index (χ0n) is 14.7. The highest BCUT2D eigenvalue weighted by atomic mass is 79.9. The molecule has 29 heavy (non-hydrogen) atoms. The van der Waals surface area contributed by atoms with Crippen molar-refractivity contribution in [2.75, 3.05) is 4.90 Å². The van der Waals surface area contributed by atoms with Crippen LogP contribution in [0.3, 0.4) is 0 Å². The highest BCUT2D eigenvalue weighted by Crippen LogP contribution is 2.51. The summed E-state index contributed by atoms with van der Waals surface area (Å²) in [7, 11) is 0. The normalized spacial score (nSPS) is 23.6. The van der Waals surface area contributed by atoms with Gasteiger partial charge in [0.2, 0.25) is 11.8 Å². The van der Waals surface area contributed by atoms with Gasteiger partial charge in [0, 0.05) is 15.3 Å². The van der Waals surface area contributed by atoms with Gasteiger partial charge in [0.05, 0.1) is 22.9 Å². The molecular weight excluding hydrogens is 476 g/mol. The first-order chi connectivity index (χ1) is 14.0. The van der Waals surface area contributed by atoms with E-state index < -0.39 is 11.2 Å². The van der Waals surface area contributed by atoms with E-state index in [-0.39, 0.29) is 22.6 Å². The number of thiazole rings is 1. The number of H-pyrrole nitrogens is 1. The van der Waals surface area contributed by atoms with Crippen molar-refractivity contribution in [2.45, 2.75) is 16.2 Å². The Morgan fingerprint density at radius 3 is 2.62 bits per heavy atom. The molecule has 3 aromatic rings. The largest absolute Gasteiger partial charge is 0.465 e. The van der Waals surface area contributed by atoms with Crippen molar-refractivity contribution in [3.05, 3.63) is 73.5 Å². The van der Waals surface area contributed by atoms with Crippen molar-refractivity contribution in [1.82, 2.24) is 4.98 Å². The van der Waals surface area contributed by atoms with E-state index in [4.69, 9.17) is 4.42 Å². The number of carbonyl (C=O) groups excluding carboxylic acids is 2. The van der Waals surface area contributed by atoms with E-state index in [9.17, 15) is 14.4 Å². The highest BCUT2D eigenvalue weighted by molar-refractivity contribution is 9.10. The van der Waals surface area contributed by atoms with E-state index in [1.807, 2.05) is 12.1 Å². The van der Waals surface area contributed by atoms with Crippen LogP contribution in [0.15, 0.2) is 67.4 Å². The van der Waals surface area contributed by atoms with Crippen LogP contribution >= 0.6 is 39.0 Å². The van der Waals surface area contributed by atoms with Gasteiger partial charge in [-0.25, -0.2) is 4.90 Å². The summed E-state index contributed by atoms with van der Waals surface area (Å²) in [6.07, 6.45) is 5.21. The Morgan fingerprint density at radius 2 is 1.90 bits per heavy atom. The van der Waals surface area contributed by atoms with Gasteiger partial charge in [0.1, 0.15) is 11.0 Å². The number of anilines is 1. The maximum atomic E-state index is 13.4. The van der Waals surface area contributed by atoms with Crippen molar-refractivity contribution in [2.24, 2.45) is 5.92 Å². The summed E-state index contributed by atoms with van der Waals surface area (Å²) in [5, 5.41) is 0.0734. The first-order valence-corrected chi connectivity index (χ1v) is 11.3. The van der Waals surface area contributed by atoms with Crippen LogP contribution in [-0.4, -0.2) is 22.0 Å². The lowest BCUT2D eigenvalue weighted by Crippen LogP contribution is -2.31. The van der Waals surface area contributed by atoms with Crippen LogP contribution in [0.1, 0.15) is 16.6 Å². The summed E-state index contributed by atoms with van der Waals surface area (Å²) in [4.78, 5) is 43.2. The van der Waals surface area contributed by atoms with E-state index in [1.165, 1.54) is 16.7 Å². The SMILES string of the molecule is O=C1C2Sc3[nH]c(=O)sc3C(/C=C/c3ccco3)C2C(=O)N1c1ccc(Br)cc1. The smallest absolute Gasteiger partial charge is 0.305 e. The van der Waals surface area contributed by atoms with Gasteiger partial charge in [-0.1, -0.05) is 45.1 Å². The number of furan rings is 1. The Labute approximate surface area is 181 Å². The molecule has 3 unspecified atom stereocenters. The first kappa shape index (κ1) is 18.7. The number of amides is 2. The number of allylic oxidation sites excluding steroid dienone is 1. The van der Waals surface area contributed by atoms with Crippen LogP contribution in [0.5, 0.6) is 0 Å². The monoisotopic (exact) mass is 488 g/mol. The molecule has 1 fully saturated rings. The molecule has 0 spiro atoms. The fourth-order valence-corrected chi connectivity index (χ4v) is 6.45. The minimum absolute atomic E-state index is 0.191. The number of benzene rings is 1. The molecule has 9 heteroatoms. The lowest BCUT2D eigenvalue weighted by Gasteiger charge is -2.27. The topological polar surface area (TPSA) is 83.4 Å². The van der Waals surface area contributed by atoms with Gasteiger partial charge in [0.25, 0.3) is 0 Å². The minimum Gasteiger partial charge on any atom is -0.465 e. The fourth-order valence-electron chi connectivity index (χ4n) is 3.69. The van der Waals surface area contributed by atoms with Gasteiger partial charge in [-0.2, -0.15) is 0 Å². The number of imide groups is 1. The molecule has 2 aliphatic rings. The Morgan fingerprint density at radius 1 is 1.10 bits per heavy atom. The lowest BCUT2D eigenvalue weighted by atomic mass is 9.88. The predicted molar refractivity (Wildman–Crippen MR) is 115 cm³/mol. The van der Waals surface area contributed by atoms with Crippen molar-refractivity contribution in [1.29, 1.82) is 0 Å². The van der Waals surface area contributed by atoms with Gasteiger partial charge in [-0.05, 0) is 42.5 Å². The van der Waals surface area contributed by atoms with E-state index in [2.05, 4.69) is 20.9 Å². The zero-order valence-corrected chi connectivity index (χ0v) is 17.9. The van der Waals surface area contributed by atoms with Crippen LogP contribution in [0.2, 0.25) is 0 Å². The molecule has 2 aliphatic heterocycles. The molecule has 0 radical (unpaired) electrons. The summed E-state index contributed by atoms with van der Waals surface area (Å²) in [5.41, 5.74) is 0.545. The quantitative estimate of drug-likeness (QED) is 0.557. The molecular formula is C20H13BrN2O4S2. The van der Waals surface area contributed by atoms with E-state index in [0.29, 0.717) is 16.5 Å². The molecule has 146 valence electrons. The molecule has 5 rings (SSSR count). The molecule has 4 heterocycles. The highest BCUT2D eigenvalue weighted by Gasteiger charge is 2.55. The molecule has 2 amide bonds. The number of nitrogens with zero attached hydrogens (tertiary/aromatic N) is 1. The van der Waals surface area contributed by atoms with Gasteiger partial charge in [0.15, 0.2) is 0 Å². The number of hydrogen-bond acceptors (Lipinski definition) is 6. The van der Waals surface area contributed by atoms with Crippen LogP contribution < -0.4 is 9.77 Å². The third-order valence-corrected chi connectivity index (χ3v) is 7.92. The number of carbonyl (C=O) groups is 2. The standard InChI is InChI=1S/C20H13BrN2O4S2/c21-10-3-5-11(6-4-10)23-18(24)14-13(8-7-12-2-1-9-27-12)15-17(22-20(26)29-15)28-16(14)19(23)25/h1-9,13-14,16H,(H,22,26)/b8-7+. The summed E-state index contributed by atoms with van der Waals surface area (Å²) >= 11 is 5.72. The average molecular weight is 489 g/mol. The predicted octanol–water partition coefficient (Wildman–Crippen LogP) is 4.25. The summed E-state index contributed by atoms with van der Waals surface area (Å²) in [6, 6.07) is 10.7. The maximum absolute atomic E-state index is 13.4. The molecule has 6 nitrogen and oxygen atoms in total. The number of nitrogens with one attached hydrogen (secondary N) is 1. The van der Waals surface area contributed by atoms with E-state index in [0.717, 1.165) is 20.7 Å². The third kappa shape index (κ3) is 3.13. The molecule has 0 bridgehead atoms. The number of thioether (sulfide) groups is 1. The molecule has 0 saturated carbocycles. The van der Waals surface area contributed by atoms with E-state index >= 15 is 0 Å². The molecule has 1 N–H and O–H groups in total. The van der Waals surface area contributed by atoms with Crippen LogP contribution in [-0.2, 0) is 9.59 Å². The number of halogens is 1. The summed E-state index contributed by atoms with van der Waals surface area (Å²) < 4.78 is 6.22. The Kier molecular flexibility index (Phi) is 4.60. The molecule has 1 aromatic carbocycles. The molecule has 2 aromatic heterocycles. The molecule has 1 saturated heterocycles. The maximum Gasteiger partial charge on any atom is 0.305 e. The Bertz CT molecular complexity index is 1180. The number of aromatic amines is 1. The zero-order chi connectivity index (χ0) is 20.1. The lowest BCUT2D eigenvalue weighted by molar-refractivity contribution is -0.122. The number of rotatable bonds is 3. The second-order valence-electron chi connectivity index (χ2n) is 6.66. The van der Waals surface area contributed by atoms with Gasteiger partial charge in [-0.15, -0.1) is 0 Å². The van der Waals surface area contributed by atoms with Crippen LogP contribution in [0.25, 0.3) is 6.08 Å². The van der Waals surface area contributed by atoms with Gasteiger partial charge in [-0.3, -0.25) is 14.4 Å².